The van der Waals surface area contributed by atoms with Crippen LogP contribution < -0.4 is 0 Å². The van der Waals surface area contributed by atoms with Gasteiger partial charge in [0.2, 0.25) is 0 Å². The van der Waals surface area contributed by atoms with Crippen molar-refractivity contribution in [3.05, 3.63) is 42.2 Å². The molecular formula is C13H17N3OS. The molecule has 1 aromatic heterocycles. The van der Waals surface area contributed by atoms with Crippen LogP contribution in [0.2, 0.25) is 0 Å². The lowest BCUT2D eigenvalue weighted by Gasteiger charge is -2.09. The average molecular weight is 263 g/mol. The Bertz CT molecular complexity index is 470. The molecule has 4 nitrogen and oxygen atoms in total. The summed E-state index contributed by atoms with van der Waals surface area (Å²) in [5, 5.41) is 8.90. The van der Waals surface area contributed by atoms with Crippen LogP contribution in [-0.4, -0.2) is 20.7 Å². The van der Waals surface area contributed by atoms with Gasteiger partial charge in [0.25, 0.3) is 0 Å². The number of thioether (sulfide) groups is 1. The Morgan fingerprint density at radius 1 is 1.28 bits per heavy atom. The molecule has 0 bridgehead atoms. The number of nitrogens with zero attached hydrogens (tertiary/aromatic N) is 3. The molecule has 5 heteroatoms. The largest absolute Gasteiger partial charge is 0.366 e. The van der Waals surface area contributed by atoms with E-state index in [9.17, 15) is 0 Å². The Morgan fingerprint density at radius 3 is 2.78 bits per heavy atom. The molecule has 0 aliphatic heterocycles. The number of hydrogen-bond donors (Lipinski definition) is 0. The van der Waals surface area contributed by atoms with Gasteiger partial charge in [-0.15, -0.1) is 10.2 Å². The molecular weight excluding hydrogens is 246 g/mol. The molecule has 96 valence electrons. The summed E-state index contributed by atoms with van der Waals surface area (Å²) in [6.07, 6.45) is 1.75. The smallest absolute Gasteiger partial charge is 0.193 e. The molecule has 0 N–H and O–H groups in total. The average Bonchev–Trinajstić information content (AvgIpc) is 2.84. The fourth-order valence-corrected chi connectivity index (χ4v) is 2.30. The van der Waals surface area contributed by atoms with Crippen molar-refractivity contribution in [1.82, 2.24) is 14.8 Å². The van der Waals surface area contributed by atoms with Gasteiger partial charge in [0.15, 0.2) is 5.16 Å². The summed E-state index contributed by atoms with van der Waals surface area (Å²) in [7, 11) is 0. The Balaban J connectivity index is 1.77. The van der Waals surface area contributed by atoms with Gasteiger partial charge in [-0.25, -0.2) is 0 Å². The van der Waals surface area contributed by atoms with Crippen LogP contribution in [0.4, 0.5) is 0 Å². The van der Waals surface area contributed by atoms with Crippen LogP contribution in [0.5, 0.6) is 0 Å². The van der Waals surface area contributed by atoms with Crippen LogP contribution in [-0.2, 0) is 11.3 Å². The molecule has 1 heterocycles. The van der Waals surface area contributed by atoms with Gasteiger partial charge in [-0.2, -0.15) is 0 Å². The van der Waals surface area contributed by atoms with E-state index in [1.54, 1.807) is 18.1 Å². The third-order valence-corrected chi connectivity index (χ3v) is 3.31. The van der Waals surface area contributed by atoms with E-state index < -0.39 is 0 Å². The highest BCUT2D eigenvalue weighted by Crippen LogP contribution is 2.19. The third kappa shape index (κ3) is 3.58. The van der Waals surface area contributed by atoms with E-state index in [-0.39, 0.29) is 0 Å². The molecule has 0 saturated heterocycles. The standard InChI is InChI=1S/C13H17N3OS/c1-11(2)16-9-14-15-13(16)18-10-17-8-12-6-4-3-5-7-12/h3-7,9,11H,8,10H2,1-2H3. The Labute approximate surface area is 111 Å². The first-order chi connectivity index (χ1) is 8.77. The first kappa shape index (κ1) is 13.1. The van der Waals surface area contributed by atoms with Crippen LogP contribution in [0.15, 0.2) is 41.8 Å². The van der Waals surface area contributed by atoms with Crippen molar-refractivity contribution in [2.75, 3.05) is 5.94 Å². The van der Waals surface area contributed by atoms with E-state index in [0.717, 1.165) is 5.16 Å². The van der Waals surface area contributed by atoms with Gasteiger partial charge in [0, 0.05) is 6.04 Å². The van der Waals surface area contributed by atoms with Crippen LogP contribution in [0.25, 0.3) is 0 Å². The van der Waals surface area contributed by atoms with E-state index >= 15 is 0 Å². The number of rotatable bonds is 6. The molecule has 0 fully saturated rings. The number of hydrogen-bond acceptors (Lipinski definition) is 4. The van der Waals surface area contributed by atoms with Crippen LogP contribution in [0.3, 0.4) is 0 Å². The normalized spacial score (nSPS) is 11.1. The molecule has 0 aliphatic rings. The zero-order chi connectivity index (χ0) is 12.8. The van der Waals surface area contributed by atoms with Crippen molar-refractivity contribution in [3.63, 3.8) is 0 Å². The second kappa shape index (κ2) is 6.56. The second-order valence-electron chi connectivity index (χ2n) is 4.21. The lowest BCUT2D eigenvalue weighted by Crippen LogP contribution is -2.02. The van der Waals surface area contributed by atoms with Gasteiger partial charge in [0.05, 0.1) is 6.61 Å². The van der Waals surface area contributed by atoms with Crippen molar-refractivity contribution >= 4 is 11.8 Å². The summed E-state index contributed by atoms with van der Waals surface area (Å²) < 4.78 is 7.65. The van der Waals surface area contributed by atoms with Crippen molar-refractivity contribution in [2.24, 2.45) is 0 Å². The number of aromatic nitrogens is 3. The minimum atomic E-state index is 0.372. The molecule has 0 amide bonds. The monoisotopic (exact) mass is 263 g/mol. The Morgan fingerprint density at radius 2 is 2.06 bits per heavy atom. The summed E-state index contributed by atoms with van der Waals surface area (Å²) in [5.74, 6) is 0.584. The minimum Gasteiger partial charge on any atom is -0.366 e. The Hall–Kier alpha value is -1.33. The molecule has 1 aromatic carbocycles. The van der Waals surface area contributed by atoms with Gasteiger partial charge in [0.1, 0.15) is 12.3 Å². The summed E-state index contributed by atoms with van der Waals surface area (Å²) in [5.41, 5.74) is 1.18. The third-order valence-electron chi connectivity index (χ3n) is 2.48. The number of ether oxygens (including phenoxy) is 1. The SMILES string of the molecule is CC(C)n1cnnc1SCOCc1ccccc1. The predicted octanol–water partition coefficient (Wildman–Crippen LogP) is 3.13. The zero-order valence-corrected chi connectivity index (χ0v) is 11.4. The lowest BCUT2D eigenvalue weighted by atomic mass is 10.2. The van der Waals surface area contributed by atoms with Crippen molar-refractivity contribution in [1.29, 1.82) is 0 Å². The quantitative estimate of drug-likeness (QED) is 0.456. The lowest BCUT2D eigenvalue weighted by molar-refractivity contribution is 0.169. The maximum absolute atomic E-state index is 5.61. The zero-order valence-electron chi connectivity index (χ0n) is 10.6. The van der Waals surface area contributed by atoms with Gasteiger partial charge >= 0.3 is 0 Å². The van der Waals surface area contributed by atoms with E-state index in [0.29, 0.717) is 18.6 Å². The van der Waals surface area contributed by atoms with Crippen molar-refractivity contribution in [2.45, 2.75) is 31.7 Å². The highest BCUT2D eigenvalue weighted by molar-refractivity contribution is 7.99. The van der Waals surface area contributed by atoms with Gasteiger partial charge in [-0.05, 0) is 19.4 Å². The van der Waals surface area contributed by atoms with Gasteiger partial charge < -0.3 is 9.30 Å². The fourth-order valence-electron chi connectivity index (χ4n) is 1.52. The summed E-state index contributed by atoms with van der Waals surface area (Å²) in [6.45, 7) is 4.85. The molecule has 2 aromatic rings. The molecule has 0 radical (unpaired) electrons. The molecule has 0 aliphatic carbocycles. The summed E-state index contributed by atoms with van der Waals surface area (Å²) in [6, 6.07) is 10.5. The Kier molecular flexibility index (Phi) is 4.78. The van der Waals surface area contributed by atoms with Crippen LogP contribution in [0.1, 0.15) is 25.5 Å². The first-order valence-electron chi connectivity index (χ1n) is 5.91. The summed E-state index contributed by atoms with van der Waals surface area (Å²) >= 11 is 1.57. The van der Waals surface area contributed by atoms with Crippen LogP contribution >= 0.6 is 11.8 Å². The van der Waals surface area contributed by atoms with E-state index in [4.69, 9.17) is 4.74 Å². The highest BCUT2D eigenvalue weighted by atomic mass is 32.2. The number of benzene rings is 1. The first-order valence-corrected chi connectivity index (χ1v) is 6.90. The molecule has 0 spiro atoms. The summed E-state index contributed by atoms with van der Waals surface area (Å²) in [4.78, 5) is 0. The van der Waals surface area contributed by atoms with E-state index in [1.165, 1.54) is 5.56 Å². The van der Waals surface area contributed by atoms with Gasteiger partial charge in [-0.1, -0.05) is 42.1 Å². The minimum absolute atomic E-state index is 0.372. The van der Waals surface area contributed by atoms with E-state index in [2.05, 4.69) is 36.2 Å². The van der Waals surface area contributed by atoms with Gasteiger partial charge in [-0.3, -0.25) is 0 Å². The maximum atomic E-state index is 5.61. The molecule has 2 rings (SSSR count). The maximum Gasteiger partial charge on any atom is 0.193 e. The topological polar surface area (TPSA) is 39.9 Å². The van der Waals surface area contributed by atoms with Crippen LogP contribution in [0, 0.1) is 0 Å². The fraction of sp³-hybridized carbons (Fsp3) is 0.385. The molecule has 18 heavy (non-hydrogen) atoms. The molecule has 0 saturated carbocycles. The molecule has 0 unspecified atom stereocenters. The molecule has 0 atom stereocenters. The van der Waals surface area contributed by atoms with Crippen molar-refractivity contribution < 1.29 is 4.74 Å². The highest BCUT2D eigenvalue weighted by Gasteiger charge is 2.07. The van der Waals surface area contributed by atoms with E-state index in [1.807, 2.05) is 22.8 Å². The second-order valence-corrected chi connectivity index (χ2v) is 5.10. The predicted molar refractivity (Wildman–Crippen MR) is 72.4 cm³/mol. The van der Waals surface area contributed by atoms with Crippen molar-refractivity contribution in [3.8, 4) is 0 Å².